The first-order valence-electron chi connectivity index (χ1n) is 32.7. The van der Waals surface area contributed by atoms with E-state index < -0.39 is 0 Å². The SMILES string of the molecule is CC(C)(C)c1cc(Cc2cc(C(C)(C)C)c(O)c(C(C)(C)C)c2)cc(C(C)(C)C)c1O.Cc1c(Cc2cc(C(C)(C)C)c(O)c(C(C)(C)C)c2)c(C)c(Cc2cc(C(C)(C)C)c(O)c(C(C)(C)C)c2)c(C)c1Cc1cc(C(C)(C)C)c(O)c(C(C)(C)C)c1. The molecule has 6 rings (SSSR count). The summed E-state index contributed by atoms with van der Waals surface area (Å²) in [7, 11) is 0. The molecular weight excluding hydrogens is 1080 g/mol. The van der Waals surface area contributed by atoms with Gasteiger partial charge in [0.25, 0.3) is 0 Å². The third-order valence-corrected chi connectivity index (χ3v) is 18.2. The fourth-order valence-corrected chi connectivity index (χ4v) is 12.7. The highest BCUT2D eigenvalue weighted by Crippen LogP contribution is 2.47. The van der Waals surface area contributed by atoms with Crippen molar-refractivity contribution >= 4 is 0 Å². The highest BCUT2D eigenvalue weighted by atomic mass is 16.3. The molecule has 0 spiro atoms. The zero-order valence-corrected chi connectivity index (χ0v) is 61.8. The molecule has 0 saturated heterocycles. The maximum absolute atomic E-state index is 11.6. The van der Waals surface area contributed by atoms with E-state index in [0.29, 0.717) is 28.7 Å². The second-order valence-electron chi connectivity index (χ2n) is 36.7. The molecule has 484 valence electrons. The Bertz CT molecular complexity index is 3020. The Kier molecular flexibility index (Phi) is 20.3. The third-order valence-electron chi connectivity index (χ3n) is 18.2. The average Bonchev–Trinajstić information content (AvgIpc) is 0.889. The van der Waals surface area contributed by atoms with Crippen molar-refractivity contribution in [3.63, 3.8) is 0 Å². The van der Waals surface area contributed by atoms with Crippen LogP contribution in [0.4, 0.5) is 0 Å². The normalized spacial score (nSPS) is 13.5. The maximum Gasteiger partial charge on any atom is 0.123 e. The summed E-state index contributed by atoms with van der Waals surface area (Å²) in [5.74, 6) is 2.06. The molecular formula is C83H122O5. The van der Waals surface area contributed by atoms with Crippen LogP contribution < -0.4 is 0 Å². The lowest BCUT2D eigenvalue weighted by atomic mass is 9.75. The Morgan fingerprint density at radius 1 is 0.193 bits per heavy atom. The first-order chi connectivity index (χ1) is 39.3. The van der Waals surface area contributed by atoms with Crippen LogP contribution in [0.1, 0.15) is 325 Å². The number of phenols is 5. The van der Waals surface area contributed by atoms with E-state index in [9.17, 15) is 25.5 Å². The van der Waals surface area contributed by atoms with Gasteiger partial charge in [0, 0.05) is 0 Å². The zero-order valence-electron chi connectivity index (χ0n) is 61.8. The van der Waals surface area contributed by atoms with Crippen LogP contribution in [0, 0.1) is 20.8 Å². The Morgan fingerprint density at radius 3 is 0.398 bits per heavy atom. The van der Waals surface area contributed by atoms with Crippen molar-refractivity contribution in [2.75, 3.05) is 0 Å². The molecule has 5 nitrogen and oxygen atoms in total. The average molecular weight is 1200 g/mol. The summed E-state index contributed by atoms with van der Waals surface area (Å²) in [6.07, 6.45) is 3.00. The Morgan fingerprint density at radius 2 is 0.295 bits per heavy atom. The van der Waals surface area contributed by atoms with Crippen LogP contribution in [-0.4, -0.2) is 25.5 Å². The van der Waals surface area contributed by atoms with Crippen LogP contribution >= 0.6 is 0 Å². The van der Waals surface area contributed by atoms with Crippen molar-refractivity contribution in [1.82, 2.24) is 0 Å². The smallest absolute Gasteiger partial charge is 0.123 e. The molecule has 88 heavy (non-hydrogen) atoms. The highest BCUT2D eigenvalue weighted by Gasteiger charge is 2.34. The van der Waals surface area contributed by atoms with Crippen LogP contribution in [0.15, 0.2) is 60.7 Å². The number of phenolic OH excluding ortho intramolecular Hbond substituents is 5. The van der Waals surface area contributed by atoms with Gasteiger partial charge < -0.3 is 25.5 Å². The number of hydrogen-bond acceptors (Lipinski definition) is 5. The fraction of sp³-hybridized carbons (Fsp3) is 0.566. The van der Waals surface area contributed by atoms with Gasteiger partial charge in [0.15, 0.2) is 0 Å². The lowest BCUT2D eigenvalue weighted by Gasteiger charge is -2.30. The number of hydrogen-bond donors (Lipinski definition) is 5. The van der Waals surface area contributed by atoms with Crippen LogP contribution in [0.3, 0.4) is 0 Å². The summed E-state index contributed by atoms with van der Waals surface area (Å²) in [6.45, 7) is 71.9. The summed E-state index contributed by atoms with van der Waals surface area (Å²) in [4.78, 5) is 0. The molecule has 5 heteroatoms. The molecule has 0 heterocycles. The molecule has 0 fully saturated rings. The van der Waals surface area contributed by atoms with E-state index in [1.54, 1.807) is 0 Å². The summed E-state index contributed by atoms with van der Waals surface area (Å²) in [6, 6.07) is 22.0. The molecule has 0 saturated carbocycles. The maximum atomic E-state index is 11.6. The summed E-state index contributed by atoms with van der Waals surface area (Å²) in [5, 5.41) is 57.0. The van der Waals surface area contributed by atoms with Crippen LogP contribution in [-0.2, 0) is 79.8 Å². The van der Waals surface area contributed by atoms with Gasteiger partial charge in [0.2, 0.25) is 0 Å². The number of aromatic hydroxyl groups is 5. The van der Waals surface area contributed by atoms with Gasteiger partial charge in [-0.15, -0.1) is 0 Å². The molecule has 0 atom stereocenters. The van der Waals surface area contributed by atoms with Crippen LogP contribution in [0.2, 0.25) is 0 Å². The first-order valence-corrected chi connectivity index (χ1v) is 32.7. The van der Waals surface area contributed by atoms with Gasteiger partial charge in [-0.3, -0.25) is 0 Å². The van der Waals surface area contributed by atoms with Crippen molar-refractivity contribution in [3.8, 4) is 28.7 Å². The van der Waals surface area contributed by atoms with E-state index in [0.717, 1.165) is 81.3 Å². The number of rotatable bonds is 8. The van der Waals surface area contributed by atoms with Gasteiger partial charge in [-0.05, 0) is 217 Å². The van der Waals surface area contributed by atoms with Crippen LogP contribution in [0.5, 0.6) is 28.7 Å². The Hall–Kier alpha value is -5.68. The monoisotopic (exact) mass is 1200 g/mol. The minimum atomic E-state index is -0.226. The fourth-order valence-electron chi connectivity index (χ4n) is 12.7. The van der Waals surface area contributed by atoms with E-state index in [4.69, 9.17) is 0 Å². The standard InChI is InChI=1S/C54H78O3.C29H44O2/c1-31-37(22-34-25-40(49(4,5)6)46(55)41(26-34)50(7,8)9)32(2)39(24-36-29-44(53(16,17)18)48(57)45(30-36)54(19,20)21)33(3)38(31)23-35-27-42(51(10,11)12)47(56)43(28-35)52(13,14)15;1-26(2,3)20-14-18(15-21(24(20)30)27(4,5)6)13-19-16-22(28(7,8)9)25(31)23(17-19)29(10,11)12/h25-30,55-57H,22-24H2,1-21H3;14-17,30-31H,13H2,1-12H3. The lowest BCUT2D eigenvalue weighted by molar-refractivity contribution is 0.421. The van der Waals surface area contributed by atoms with Crippen molar-refractivity contribution in [2.24, 2.45) is 0 Å². The van der Waals surface area contributed by atoms with E-state index in [1.807, 2.05) is 0 Å². The minimum Gasteiger partial charge on any atom is -0.507 e. The molecule has 6 aromatic rings. The summed E-state index contributed by atoms with van der Waals surface area (Å²) >= 11 is 0. The molecule has 0 aliphatic rings. The van der Waals surface area contributed by atoms with Gasteiger partial charge in [0.05, 0.1) is 0 Å². The van der Waals surface area contributed by atoms with Crippen molar-refractivity contribution in [1.29, 1.82) is 0 Å². The van der Waals surface area contributed by atoms with Crippen molar-refractivity contribution in [2.45, 2.75) is 308 Å². The topological polar surface area (TPSA) is 101 Å². The summed E-state index contributed by atoms with van der Waals surface area (Å²) in [5.41, 5.74) is 21.8. The molecule has 0 aromatic heterocycles. The van der Waals surface area contributed by atoms with Gasteiger partial charge in [0.1, 0.15) is 28.7 Å². The predicted molar refractivity (Wildman–Crippen MR) is 379 cm³/mol. The third kappa shape index (κ3) is 16.6. The zero-order chi connectivity index (χ0) is 67.9. The lowest BCUT2D eigenvalue weighted by Crippen LogP contribution is -2.19. The Labute approximate surface area is 537 Å². The van der Waals surface area contributed by atoms with E-state index in [2.05, 4.69) is 289 Å². The van der Waals surface area contributed by atoms with Gasteiger partial charge >= 0.3 is 0 Å². The molecule has 0 unspecified atom stereocenters. The predicted octanol–water partition coefficient (Wildman–Crippen LogP) is 22.2. The first kappa shape index (κ1) is 73.1. The molecule has 0 radical (unpaired) electrons. The second kappa shape index (κ2) is 24.5. The molecule has 0 bridgehead atoms. The molecule has 0 aliphatic carbocycles. The number of benzene rings is 6. The molecule has 5 N–H and O–H groups in total. The Balaban J connectivity index is 0.000000383. The van der Waals surface area contributed by atoms with Crippen molar-refractivity contribution < 1.29 is 25.5 Å². The van der Waals surface area contributed by atoms with E-state index >= 15 is 0 Å². The van der Waals surface area contributed by atoms with Gasteiger partial charge in [-0.2, -0.15) is 0 Å². The molecule has 0 amide bonds. The van der Waals surface area contributed by atoms with Crippen molar-refractivity contribution in [3.05, 3.63) is 177 Å². The van der Waals surface area contributed by atoms with Crippen LogP contribution in [0.25, 0.3) is 0 Å². The van der Waals surface area contributed by atoms with E-state index in [-0.39, 0.29) is 54.1 Å². The summed E-state index contributed by atoms with van der Waals surface area (Å²) < 4.78 is 0. The van der Waals surface area contributed by atoms with Gasteiger partial charge in [-0.25, -0.2) is 0 Å². The molecule has 6 aromatic carbocycles. The quantitative estimate of drug-likeness (QED) is 0.105. The van der Waals surface area contributed by atoms with E-state index in [1.165, 1.54) is 61.2 Å². The second-order valence-corrected chi connectivity index (χ2v) is 36.7. The largest absolute Gasteiger partial charge is 0.507 e. The molecule has 0 aliphatic heterocycles. The highest BCUT2D eigenvalue weighted by molar-refractivity contribution is 5.60. The van der Waals surface area contributed by atoms with Gasteiger partial charge in [-0.1, -0.05) is 268 Å². The minimum absolute atomic E-state index is 0.151.